The highest BCUT2D eigenvalue weighted by molar-refractivity contribution is 5.94. The maximum atomic E-state index is 12.9. The number of likely N-dealkylation sites (tertiary alicyclic amines) is 1. The zero-order valence-corrected chi connectivity index (χ0v) is 15.7. The Kier molecular flexibility index (Phi) is 6.12. The van der Waals surface area contributed by atoms with Crippen molar-refractivity contribution in [3.05, 3.63) is 65.7 Å². The molecule has 1 saturated heterocycles. The molecule has 2 aromatic carbocycles. The minimum absolute atomic E-state index is 0.0875. The molecular formula is C22H27N3O2. The monoisotopic (exact) mass is 365 g/mol. The van der Waals surface area contributed by atoms with Crippen molar-refractivity contribution in [2.75, 3.05) is 18.8 Å². The number of nitrogens with two attached hydrogens (primary N) is 1. The van der Waals surface area contributed by atoms with Gasteiger partial charge in [-0.15, -0.1) is 0 Å². The molecule has 0 spiro atoms. The molecule has 5 heteroatoms. The van der Waals surface area contributed by atoms with Crippen molar-refractivity contribution >= 4 is 17.5 Å². The minimum Gasteiger partial charge on any atom is -0.399 e. The van der Waals surface area contributed by atoms with Crippen LogP contribution in [0.15, 0.2) is 54.6 Å². The molecule has 3 rings (SSSR count). The fraction of sp³-hybridized carbons (Fsp3) is 0.364. The van der Waals surface area contributed by atoms with Crippen molar-refractivity contribution in [1.82, 2.24) is 10.2 Å². The minimum atomic E-state index is -0.0906. The van der Waals surface area contributed by atoms with Crippen molar-refractivity contribution in [3.8, 4) is 0 Å². The lowest BCUT2D eigenvalue weighted by Crippen LogP contribution is -2.47. The fourth-order valence-corrected chi connectivity index (χ4v) is 3.61. The van der Waals surface area contributed by atoms with Crippen molar-refractivity contribution in [3.63, 3.8) is 0 Å². The summed E-state index contributed by atoms with van der Waals surface area (Å²) >= 11 is 0. The summed E-state index contributed by atoms with van der Waals surface area (Å²) in [5, 5.41) is 3.07. The first-order valence-corrected chi connectivity index (χ1v) is 9.58. The summed E-state index contributed by atoms with van der Waals surface area (Å²) in [6, 6.07) is 17.0. The highest BCUT2D eigenvalue weighted by Gasteiger charge is 2.28. The second-order valence-electron chi connectivity index (χ2n) is 7.07. The highest BCUT2D eigenvalue weighted by Crippen LogP contribution is 2.24. The number of nitrogens with one attached hydrogen (secondary N) is 1. The second-order valence-corrected chi connectivity index (χ2v) is 7.07. The molecule has 1 atom stereocenters. The summed E-state index contributed by atoms with van der Waals surface area (Å²) in [4.78, 5) is 27.2. The van der Waals surface area contributed by atoms with E-state index in [1.165, 1.54) is 0 Å². The zero-order chi connectivity index (χ0) is 19.2. The van der Waals surface area contributed by atoms with Gasteiger partial charge in [-0.25, -0.2) is 0 Å². The molecule has 0 aliphatic carbocycles. The van der Waals surface area contributed by atoms with Crippen LogP contribution in [-0.2, 0) is 4.79 Å². The molecule has 0 radical (unpaired) electrons. The molecule has 1 aliphatic rings. The maximum absolute atomic E-state index is 12.9. The summed E-state index contributed by atoms with van der Waals surface area (Å²) in [6.07, 6.45) is 2.34. The number of nitrogens with zero attached hydrogens (tertiary/aromatic N) is 1. The molecule has 1 heterocycles. The summed E-state index contributed by atoms with van der Waals surface area (Å²) in [7, 11) is 0. The maximum Gasteiger partial charge on any atom is 0.251 e. The molecule has 1 unspecified atom stereocenters. The molecule has 0 saturated carbocycles. The first-order valence-electron chi connectivity index (χ1n) is 9.58. The largest absolute Gasteiger partial charge is 0.399 e. The van der Waals surface area contributed by atoms with Crippen LogP contribution in [0.5, 0.6) is 0 Å². The fourth-order valence-electron chi connectivity index (χ4n) is 3.61. The van der Waals surface area contributed by atoms with Crippen LogP contribution < -0.4 is 11.1 Å². The lowest BCUT2D eigenvalue weighted by molar-refractivity contribution is -0.134. The molecule has 142 valence electrons. The highest BCUT2D eigenvalue weighted by atomic mass is 16.2. The number of carbonyl (C=O) groups excluding carboxylic acids is 2. The van der Waals surface area contributed by atoms with E-state index in [1.807, 2.05) is 35.2 Å². The van der Waals surface area contributed by atoms with E-state index in [1.54, 1.807) is 24.3 Å². The molecule has 5 nitrogen and oxygen atoms in total. The van der Waals surface area contributed by atoms with Gasteiger partial charge in [-0.3, -0.25) is 9.59 Å². The number of carbonyl (C=O) groups is 2. The number of hydrogen-bond acceptors (Lipinski definition) is 3. The van der Waals surface area contributed by atoms with E-state index in [0.717, 1.165) is 24.8 Å². The SMILES string of the molecule is CCC(C(=O)N1CCC(NC(=O)c2ccc(N)cc2)CC1)c1ccccc1. The van der Waals surface area contributed by atoms with Gasteiger partial charge < -0.3 is 16.0 Å². The average molecular weight is 365 g/mol. The van der Waals surface area contributed by atoms with E-state index >= 15 is 0 Å². The Morgan fingerprint density at radius 1 is 1.07 bits per heavy atom. The standard InChI is InChI=1S/C22H27N3O2/c1-2-20(16-6-4-3-5-7-16)22(27)25-14-12-19(13-15-25)24-21(26)17-8-10-18(23)11-9-17/h3-11,19-20H,2,12-15,23H2,1H3,(H,24,26). The van der Waals surface area contributed by atoms with E-state index in [2.05, 4.69) is 12.2 Å². The van der Waals surface area contributed by atoms with Crippen molar-refractivity contribution in [1.29, 1.82) is 0 Å². The van der Waals surface area contributed by atoms with Gasteiger partial charge in [0.2, 0.25) is 5.91 Å². The third-order valence-corrected chi connectivity index (χ3v) is 5.22. The van der Waals surface area contributed by atoms with Crippen LogP contribution in [0, 0.1) is 0 Å². The topological polar surface area (TPSA) is 75.4 Å². The normalized spacial score (nSPS) is 16.0. The van der Waals surface area contributed by atoms with E-state index in [-0.39, 0.29) is 23.8 Å². The van der Waals surface area contributed by atoms with Crippen LogP contribution in [0.3, 0.4) is 0 Å². The Morgan fingerprint density at radius 2 is 1.70 bits per heavy atom. The van der Waals surface area contributed by atoms with Gasteiger partial charge in [0.25, 0.3) is 5.91 Å². The molecule has 3 N–H and O–H groups in total. The first-order chi connectivity index (χ1) is 13.1. The number of hydrogen-bond donors (Lipinski definition) is 2. The van der Waals surface area contributed by atoms with Gasteiger partial charge in [-0.05, 0) is 49.1 Å². The summed E-state index contributed by atoms with van der Waals surface area (Å²) in [6.45, 7) is 3.40. The van der Waals surface area contributed by atoms with Gasteiger partial charge in [0.05, 0.1) is 5.92 Å². The van der Waals surface area contributed by atoms with Gasteiger partial charge in [-0.1, -0.05) is 37.3 Å². The number of nitrogen functional groups attached to an aromatic ring is 1. The van der Waals surface area contributed by atoms with Crippen LogP contribution >= 0.6 is 0 Å². The van der Waals surface area contributed by atoms with Crippen LogP contribution in [0.1, 0.15) is 48.0 Å². The third-order valence-electron chi connectivity index (χ3n) is 5.22. The van der Waals surface area contributed by atoms with E-state index in [4.69, 9.17) is 5.73 Å². The Balaban J connectivity index is 1.54. The predicted molar refractivity (Wildman–Crippen MR) is 107 cm³/mol. The number of piperidine rings is 1. The van der Waals surface area contributed by atoms with Crippen molar-refractivity contribution in [2.45, 2.75) is 38.1 Å². The average Bonchev–Trinajstić information content (AvgIpc) is 2.70. The van der Waals surface area contributed by atoms with Gasteiger partial charge in [0.1, 0.15) is 0 Å². The number of rotatable bonds is 5. The van der Waals surface area contributed by atoms with Gasteiger partial charge in [0.15, 0.2) is 0 Å². The van der Waals surface area contributed by atoms with E-state index in [9.17, 15) is 9.59 Å². The smallest absolute Gasteiger partial charge is 0.251 e. The molecule has 1 aliphatic heterocycles. The van der Waals surface area contributed by atoms with Crippen molar-refractivity contribution < 1.29 is 9.59 Å². The molecule has 0 bridgehead atoms. The molecule has 2 aromatic rings. The zero-order valence-electron chi connectivity index (χ0n) is 15.7. The van der Waals surface area contributed by atoms with Crippen LogP contribution in [0.25, 0.3) is 0 Å². The molecule has 2 amide bonds. The Morgan fingerprint density at radius 3 is 2.30 bits per heavy atom. The predicted octanol–water partition coefficient (Wildman–Crippen LogP) is 3.18. The van der Waals surface area contributed by atoms with Crippen LogP contribution in [-0.4, -0.2) is 35.8 Å². The number of amides is 2. The van der Waals surface area contributed by atoms with Gasteiger partial charge in [0, 0.05) is 30.4 Å². The summed E-state index contributed by atoms with van der Waals surface area (Å²) in [5.74, 6) is 0.00891. The third kappa shape index (κ3) is 4.67. The quantitative estimate of drug-likeness (QED) is 0.799. The first kappa shape index (κ1) is 19.0. The molecule has 0 aromatic heterocycles. The van der Waals surface area contributed by atoms with Gasteiger partial charge in [-0.2, -0.15) is 0 Å². The lowest BCUT2D eigenvalue weighted by Gasteiger charge is -2.34. The van der Waals surface area contributed by atoms with Crippen LogP contribution in [0.4, 0.5) is 5.69 Å². The van der Waals surface area contributed by atoms with Crippen molar-refractivity contribution in [2.24, 2.45) is 0 Å². The van der Waals surface area contributed by atoms with E-state index < -0.39 is 0 Å². The molecule has 27 heavy (non-hydrogen) atoms. The summed E-state index contributed by atoms with van der Waals surface area (Å²) in [5.41, 5.74) is 7.99. The summed E-state index contributed by atoms with van der Waals surface area (Å²) < 4.78 is 0. The Labute approximate surface area is 160 Å². The van der Waals surface area contributed by atoms with Gasteiger partial charge >= 0.3 is 0 Å². The number of benzene rings is 2. The number of anilines is 1. The van der Waals surface area contributed by atoms with Crippen LogP contribution in [0.2, 0.25) is 0 Å². The van der Waals surface area contributed by atoms with E-state index in [0.29, 0.717) is 24.3 Å². The Bertz CT molecular complexity index is 766. The second kappa shape index (κ2) is 8.71. The Hall–Kier alpha value is -2.82. The molecule has 1 fully saturated rings. The molecular weight excluding hydrogens is 338 g/mol. The lowest BCUT2D eigenvalue weighted by atomic mass is 9.93.